The second-order valence-corrected chi connectivity index (χ2v) is 7.04. The van der Waals surface area contributed by atoms with Gasteiger partial charge in [-0.15, -0.1) is 0 Å². The van der Waals surface area contributed by atoms with Crippen LogP contribution in [0.25, 0.3) is 0 Å². The van der Waals surface area contributed by atoms with E-state index >= 15 is 0 Å². The highest BCUT2D eigenvalue weighted by Gasteiger charge is 2.15. The van der Waals surface area contributed by atoms with Gasteiger partial charge in [0.25, 0.3) is 0 Å². The Morgan fingerprint density at radius 1 is 1.19 bits per heavy atom. The molecule has 5 heteroatoms. The Labute approximate surface area is 155 Å². The molecule has 0 amide bonds. The van der Waals surface area contributed by atoms with Gasteiger partial charge in [0, 0.05) is 18.4 Å². The molecular formula is C21H28N2O3. The number of carboxylic acid groups (broad SMARTS) is 1. The third-order valence-electron chi connectivity index (χ3n) is 4.09. The van der Waals surface area contributed by atoms with Crippen LogP contribution < -0.4 is 9.64 Å². The topological polar surface area (TPSA) is 62.7 Å². The zero-order valence-electron chi connectivity index (χ0n) is 16.2. The molecular weight excluding hydrogens is 327 g/mol. The normalized spacial score (nSPS) is 11.0. The SMILES string of the molecule is CCN(c1ccc(OCC(C)C)c(C(C)C)c1)c1ccc([11C](=O)O)cn1. The molecule has 0 saturated carbocycles. The van der Waals surface area contributed by atoms with Crippen molar-refractivity contribution in [3.8, 4) is 5.75 Å². The predicted octanol–water partition coefficient (Wildman–Crippen LogP) is 5.10. The molecule has 140 valence electrons. The summed E-state index contributed by atoms with van der Waals surface area (Å²) >= 11 is 0. The number of aromatic nitrogens is 1. The first-order valence-corrected chi connectivity index (χ1v) is 9.07. The van der Waals surface area contributed by atoms with Gasteiger partial charge in [0.2, 0.25) is 0 Å². The molecule has 0 radical (unpaired) electrons. The Hall–Kier alpha value is -2.56. The van der Waals surface area contributed by atoms with Gasteiger partial charge >= 0.3 is 5.97 Å². The van der Waals surface area contributed by atoms with Crippen molar-refractivity contribution in [1.82, 2.24) is 4.98 Å². The van der Waals surface area contributed by atoms with E-state index in [0.717, 1.165) is 29.4 Å². The van der Waals surface area contributed by atoms with Gasteiger partial charge in [-0.25, -0.2) is 9.78 Å². The molecule has 0 bridgehead atoms. The maximum absolute atomic E-state index is 11.0. The minimum atomic E-state index is -0.971. The van der Waals surface area contributed by atoms with Gasteiger partial charge in [-0.2, -0.15) is 0 Å². The van der Waals surface area contributed by atoms with Crippen molar-refractivity contribution in [2.45, 2.75) is 40.5 Å². The average Bonchev–Trinajstić information content (AvgIpc) is 2.61. The van der Waals surface area contributed by atoms with Gasteiger partial charge in [-0.1, -0.05) is 27.7 Å². The summed E-state index contributed by atoms with van der Waals surface area (Å²) in [4.78, 5) is 17.4. The Morgan fingerprint density at radius 3 is 2.42 bits per heavy atom. The molecule has 0 aliphatic heterocycles. The largest absolute Gasteiger partial charge is 0.493 e. The van der Waals surface area contributed by atoms with Crippen LogP contribution in [0.4, 0.5) is 11.5 Å². The molecule has 0 unspecified atom stereocenters. The average molecular weight is 355 g/mol. The van der Waals surface area contributed by atoms with Crippen LogP contribution in [0.5, 0.6) is 5.75 Å². The molecule has 0 spiro atoms. The van der Waals surface area contributed by atoms with Crippen LogP contribution in [0.1, 0.15) is 56.5 Å². The molecule has 0 fully saturated rings. The summed E-state index contributed by atoms with van der Waals surface area (Å²) in [5.74, 6) is 1.48. The van der Waals surface area contributed by atoms with Crippen LogP contribution in [0.3, 0.4) is 0 Å². The third-order valence-corrected chi connectivity index (χ3v) is 4.09. The van der Waals surface area contributed by atoms with Crippen LogP contribution in [0.2, 0.25) is 0 Å². The van der Waals surface area contributed by atoms with E-state index in [1.807, 2.05) is 19.1 Å². The molecule has 1 aromatic heterocycles. The van der Waals surface area contributed by atoms with Crippen molar-refractivity contribution < 1.29 is 14.6 Å². The van der Waals surface area contributed by atoms with Gasteiger partial charge in [0.1, 0.15) is 11.6 Å². The van der Waals surface area contributed by atoms with Crippen molar-refractivity contribution in [1.29, 1.82) is 0 Å². The number of aromatic carboxylic acids is 1. The van der Waals surface area contributed by atoms with Crippen molar-refractivity contribution in [2.75, 3.05) is 18.1 Å². The van der Waals surface area contributed by atoms with Crippen molar-refractivity contribution in [3.05, 3.63) is 47.7 Å². The van der Waals surface area contributed by atoms with Gasteiger partial charge < -0.3 is 14.7 Å². The lowest BCUT2D eigenvalue weighted by molar-refractivity contribution is 0.0696. The lowest BCUT2D eigenvalue weighted by atomic mass is 9.97. The molecule has 1 aromatic carbocycles. The van der Waals surface area contributed by atoms with Crippen LogP contribution in [-0.4, -0.2) is 29.2 Å². The first-order chi connectivity index (χ1) is 12.3. The van der Waals surface area contributed by atoms with Crippen molar-refractivity contribution >= 4 is 17.5 Å². The maximum atomic E-state index is 11.0. The number of carbonyl (C=O) groups is 1. The Balaban J connectivity index is 2.35. The lowest BCUT2D eigenvalue weighted by Gasteiger charge is -2.24. The van der Waals surface area contributed by atoms with Gasteiger partial charge in [-0.05, 0) is 54.7 Å². The monoisotopic (exact) mass is 355 g/mol. The first-order valence-electron chi connectivity index (χ1n) is 9.07. The van der Waals surface area contributed by atoms with Crippen LogP contribution >= 0.6 is 0 Å². The number of pyridine rings is 1. The van der Waals surface area contributed by atoms with E-state index in [0.29, 0.717) is 18.4 Å². The fourth-order valence-electron chi connectivity index (χ4n) is 2.69. The number of ether oxygens (including phenoxy) is 1. The quantitative estimate of drug-likeness (QED) is 0.714. The molecule has 0 atom stereocenters. The summed E-state index contributed by atoms with van der Waals surface area (Å²) < 4.78 is 5.98. The minimum absolute atomic E-state index is 0.185. The van der Waals surface area contributed by atoms with Crippen LogP contribution in [0.15, 0.2) is 36.5 Å². The fourth-order valence-corrected chi connectivity index (χ4v) is 2.69. The van der Waals surface area contributed by atoms with Gasteiger partial charge in [0.05, 0.1) is 12.2 Å². The maximum Gasteiger partial charge on any atom is 0.337 e. The molecule has 5 nitrogen and oxygen atoms in total. The number of rotatable bonds is 8. The molecule has 1 heterocycles. The van der Waals surface area contributed by atoms with Crippen molar-refractivity contribution in [3.63, 3.8) is 0 Å². The smallest absolute Gasteiger partial charge is 0.337 e. The molecule has 2 aromatic rings. The summed E-state index contributed by atoms with van der Waals surface area (Å²) in [6.07, 6.45) is 1.39. The summed E-state index contributed by atoms with van der Waals surface area (Å²) in [5, 5.41) is 9.04. The highest BCUT2D eigenvalue weighted by molar-refractivity contribution is 5.87. The summed E-state index contributed by atoms with van der Waals surface area (Å²) in [6, 6.07) is 9.50. The van der Waals surface area contributed by atoms with Gasteiger partial charge in [-0.3, -0.25) is 0 Å². The molecule has 1 N–H and O–H groups in total. The van der Waals surface area contributed by atoms with E-state index in [9.17, 15) is 4.79 Å². The second kappa shape index (κ2) is 8.70. The minimum Gasteiger partial charge on any atom is -0.493 e. The summed E-state index contributed by atoms with van der Waals surface area (Å²) in [5.41, 5.74) is 2.36. The van der Waals surface area contributed by atoms with Crippen LogP contribution in [-0.2, 0) is 0 Å². The fraction of sp³-hybridized carbons (Fsp3) is 0.429. The van der Waals surface area contributed by atoms with E-state index in [1.54, 1.807) is 12.1 Å². The van der Waals surface area contributed by atoms with E-state index in [-0.39, 0.29) is 5.56 Å². The number of nitrogens with zero attached hydrogens (tertiary/aromatic N) is 2. The van der Waals surface area contributed by atoms with E-state index in [4.69, 9.17) is 9.84 Å². The number of hydrogen-bond acceptors (Lipinski definition) is 4. The van der Waals surface area contributed by atoms with Gasteiger partial charge in [0.15, 0.2) is 0 Å². The summed E-state index contributed by atoms with van der Waals surface area (Å²) in [7, 11) is 0. The number of hydrogen-bond donors (Lipinski definition) is 1. The zero-order chi connectivity index (χ0) is 19.3. The highest BCUT2D eigenvalue weighted by atomic mass is 16.5. The van der Waals surface area contributed by atoms with Crippen molar-refractivity contribution in [2.24, 2.45) is 5.92 Å². The van der Waals surface area contributed by atoms with E-state index in [1.165, 1.54) is 6.20 Å². The molecule has 26 heavy (non-hydrogen) atoms. The first kappa shape index (κ1) is 19.8. The summed E-state index contributed by atoms with van der Waals surface area (Å²) in [6.45, 7) is 12.0. The molecule has 0 aliphatic rings. The Morgan fingerprint density at radius 2 is 1.92 bits per heavy atom. The third kappa shape index (κ3) is 4.75. The second-order valence-electron chi connectivity index (χ2n) is 7.04. The van der Waals surface area contributed by atoms with E-state index in [2.05, 4.69) is 43.6 Å². The lowest BCUT2D eigenvalue weighted by Crippen LogP contribution is -2.18. The highest BCUT2D eigenvalue weighted by Crippen LogP contribution is 2.33. The Kier molecular flexibility index (Phi) is 6.61. The van der Waals surface area contributed by atoms with E-state index < -0.39 is 5.97 Å². The predicted molar refractivity (Wildman–Crippen MR) is 105 cm³/mol. The molecule has 0 aliphatic carbocycles. The molecule has 0 saturated heterocycles. The number of anilines is 2. The van der Waals surface area contributed by atoms with Crippen LogP contribution in [0, 0.1) is 5.92 Å². The molecule has 2 rings (SSSR count). The standard InChI is InChI=1S/C21H28N2O3/c1-6-23(20-10-7-16(12-22-20)21(24)25)17-8-9-19(26-13-14(2)3)18(11-17)15(4)5/h7-12,14-15H,6,13H2,1-5H3,(H,24,25)/i21-1. The zero-order valence-corrected chi connectivity index (χ0v) is 16.2. The Bertz CT molecular complexity index is 739. The number of benzene rings is 1. The number of carboxylic acids is 1.